The second-order valence-electron chi connectivity index (χ2n) is 4.46. The lowest BCUT2D eigenvalue weighted by atomic mass is 9.72. The van der Waals surface area contributed by atoms with Crippen LogP contribution in [0.3, 0.4) is 0 Å². The minimum Gasteiger partial charge on any atom is -0.423 e. The van der Waals surface area contributed by atoms with Gasteiger partial charge in [-0.25, -0.2) is 0 Å². The van der Waals surface area contributed by atoms with Gasteiger partial charge in [-0.15, -0.1) is 0 Å². The topological polar surface area (TPSA) is 58.9 Å². The molecule has 0 saturated heterocycles. The van der Waals surface area contributed by atoms with Crippen molar-refractivity contribution in [1.82, 2.24) is 0 Å². The monoisotopic (exact) mass is 256 g/mol. The first kappa shape index (κ1) is 12.2. The molecule has 4 nitrogen and oxygen atoms in total. The van der Waals surface area contributed by atoms with E-state index in [0.29, 0.717) is 17.8 Å². The van der Waals surface area contributed by atoms with Crippen molar-refractivity contribution in [3.8, 4) is 5.75 Å². The van der Waals surface area contributed by atoms with Crippen LogP contribution in [0.5, 0.6) is 5.75 Å². The molecule has 0 aromatic heterocycles. The van der Waals surface area contributed by atoms with Crippen molar-refractivity contribution in [2.24, 2.45) is 0 Å². The van der Waals surface area contributed by atoms with Crippen molar-refractivity contribution in [1.29, 1.82) is 0 Å². The van der Waals surface area contributed by atoms with Gasteiger partial charge in [-0.2, -0.15) is 4.89 Å². The van der Waals surface area contributed by atoms with Crippen LogP contribution in [0.25, 0.3) is 0 Å². The Bertz CT molecular complexity index is 585. The van der Waals surface area contributed by atoms with Crippen molar-refractivity contribution < 1.29 is 19.8 Å². The third kappa shape index (κ3) is 2.23. The maximum atomic E-state index is 9.47. The molecule has 1 atom stereocenters. The Hall–Kier alpha value is -1.82. The molecule has 0 fully saturated rings. The van der Waals surface area contributed by atoms with Gasteiger partial charge in [0.15, 0.2) is 5.75 Å². The van der Waals surface area contributed by atoms with Gasteiger partial charge < -0.3 is 14.9 Å². The van der Waals surface area contributed by atoms with E-state index < -0.39 is 7.12 Å². The third-order valence-corrected chi connectivity index (χ3v) is 3.33. The van der Waals surface area contributed by atoms with Crippen molar-refractivity contribution in [3.05, 3.63) is 59.7 Å². The molecule has 0 aliphatic carbocycles. The van der Waals surface area contributed by atoms with E-state index in [1.807, 2.05) is 36.4 Å². The van der Waals surface area contributed by atoms with Gasteiger partial charge in [-0.05, 0) is 17.1 Å². The van der Waals surface area contributed by atoms with Gasteiger partial charge >= 0.3 is 7.12 Å². The summed E-state index contributed by atoms with van der Waals surface area (Å²) in [6, 6.07) is 14.8. The zero-order valence-electron chi connectivity index (χ0n) is 10.2. The quantitative estimate of drug-likeness (QED) is 0.617. The lowest BCUT2D eigenvalue weighted by Crippen LogP contribution is -2.35. The van der Waals surface area contributed by atoms with E-state index in [9.17, 15) is 10.0 Å². The predicted octanol–water partition coefficient (Wildman–Crippen LogP) is 0.822. The van der Waals surface area contributed by atoms with Crippen LogP contribution in [0.2, 0.25) is 0 Å². The summed E-state index contributed by atoms with van der Waals surface area (Å²) in [6.45, 7) is 0.348. The van der Waals surface area contributed by atoms with Crippen LogP contribution in [0.1, 0.15) is 17.0 Å². The van der Waals surface area contributed by atoms with Gasteiger partial charge in [0.05, 0.1) is 0 Å². The molecule has 3 rings (SSSR count). The minimum absolute atomic E-state index is 0.0667. The maximum Gasteiger partial charge on any atom is 0.488 e. The summed E-state index contributed by atoms with van der Waals surface area (Å²) >= 11 is 0. The van der Waals surface area contributed by atoms with Crippen molar-refractivity contribution >= 4 is 12.6 Å². The molecule has 5 heteroatoms. The number of benzene rings is 2. The number of fused-ring (bicyclic) bond motifs is 1. The van der Waals surface area contributed by atoms with E-state index in [1.54, 1.807) is 12.1 Å². The Labute approximate surface area is 111 Å². The number of hydrogen-bond acceptors (Lipinski definition) is 4. The summed E-state index contributed by atoms with van der Waals surface area (Å²) in [5.74, 6) is 0.601. The molecule has 1 heterocycles. The second-order valence-corrected chi connectivity index (χ2v) is 4.46. The van der Waals surface area contributed by atoms with E-state index >= 15 is 0 Å². The van der Waals surface area contributed by atoms with E-state index in [4.69, 9.17) is 9.78 Å². The van der Waals surface area contributed by atoms with Crippen LogP contribution < -0.4 is 10.4 Å². The summed E-state index contributed by atoms with van der Waals surface area (Å²) in [6.07, 6.45) is 0. The van der Waals surface area contributed by atoms with Gasteiger partial charge in [0.25, 0.3) is 0 Å². The fourth-order valence-corrected chi connectivity index (χ4v) is 2.42. The standard InChI is InChI=1S/C14H13BO4/c16-15(17)13-7-3-1-5-10(13)12-9-18-19-14-8-4-2-6-11(12)14/h1-8,12,16-17H,9H2. The number of rotatable bonds is 2. The molecule has 0 saturated carbocycles. The van der Waals surface area contributed by atoms with Crippen molar-refractivity contribution in [3.63, 3.8) is 0 Å². The summed E-state index contributed by atoms with van der Waals surface area (Å²) in [5.41, 5.74) is 2.32. The smallest absolute Gasteiger partial charge is 0.423 e. The van der Waals surface area contributed by atoms with Crippen LogP contribution in [0, 0.1) is 0 Å². The zero-order valence-corrected chi connectivity index (χ0v) is 10.2. The van der Waals surface area contributed by atoms with Crippen LogP contribution in [0.4, 0.5) is 0 Å². The highest BCUT2D eigenvalue weighted by Crippen LogP contribution is 2.35. The first-order chi connectivity index (χ1) is 9.27. The summed E-state index contributed by atoms with van der Waals surface area (Å²) in [7, 11) is -1.49. The molecule has 96 valence electrons. The fraction of sp³-hybridized carbons (Fsp3) is 0.143. The SMILES string of the molecule is OB(O)c1ccccc1C1COOc2ccccc21. The summed E-state index contributed by atoms with van der Waals surface area (Å²) in [5, 5.41) is 18.9. The molecule has 0 spiro atoms. The van der Waals surface area contributed by atoms with E-state index in [0.717, 1.165) is 11.1 Å². The Balaban J connectivity index is 2.09. The fourth-order valence-electron chi connectivity index (χ4n) is 2.42. The summed E-state index contributed by atoms with van der Waals surface area (Å²) < 4.78 is 0. The normalized spacial score (nSPS) is 17.5. The van der Waals surface area contributed by atoms with Gasteiger partial charge in [0, 0.05) is 11.5 Å². The van der Waals surface area contributed by atoms with Gasteiger partial charge in [-0.3, -0.25) is 0 Å². The zero-order chi connectivity index (χ0) is 13.2. The van der Waals surface area contributed by atoms with Crippen LogP contribution in [0.15, 0.2) is 48.5 Å². The molecule has 19 heavy (non-hydrogen) atoms. The largest absolute Gasteiger partial charge is 0.488 e. The molecule has 0 bridgehead atoms. The van der Waals surface area contributed by atoms with Gasteiger partial charge in [-0.1, -0.05) is 42.5 Å². The average molecular weight is 256 g/mol. The minimum atomic E-state index is -1.49. The molecule has 1 aliphatic rings. The molecule has 2 aromatic rings. The molecular weight excluding hydrogens is 243 g/mol. The maximum absolute atomic E-state index is 9.47. The lowest BCUT2D eigenvalue weighted by Gasteiger charge is -2.26. The van der Waals surface area contributed by atoms with E-state index in [1.165, 1.54) is 0 Å². The van der Waals surface area contributed by atoms with Gasteiger partial charge in [0.2, 0.25) is 0 Å². The Morgan fingerprint density at radius 2 is 1.63 bits per heavy atom. The number of hydrogen-bond donors (Lipinski definition) is 2. The molecule has 1 unspecified atom stereocenters. The molecule has 2 aromatic carbocycles. The second kappa shape index (κ2) is 5.05. The Morgan fingerprint density at radius 3 is 2.42 bits per heavy atom. The molecule has 0 radical (unpaired) electrons. The first-order valence-electron chi connectivity index (χ1n) is 6.10. The molecule has 1 aliphatic heterocycles. The Kier molecular flexibility index (Phi) is 3.25. The highest BCUT2D eigenvalue weighted by molar-refractivity contribution is 6.59. The van der Waals surface area contributed by atoms with Crippen LogP contribution >= 0.6 is 0 Å². The first-order valence-corrected chi connectivity index (χ1v) is 6.10. The van der Waals surface area contributed by atoms with Crippen molar-refractivity contribution in [2.75, 3.05) is 6.61 Å². The van der Waals surface area contributed by atoms with E-state index in [2.05, 4.69) is 0 Å². The van der Waals surface area contributed by atoms with Crippen molar-refractivity contribution in [2.45, 2.75) is 5.92 Å². The molecular formula is C14H13BO4. The highest BCUT2D eigenvalue weighted by Gasteiger charge is 2.28. The van der Waals surface area contributed by atoms with Gasteiger partial charge in [0.1, 0.15) is 6.61 Å². The lowest BCUT2D eigenvalue weighted by molar-refractivity contribution is -0.218. The third-order valence-electron chi connectivity index (χ3n) is 3.33. The number of para-hydroxylation sites is 1. The van der Waals surface area contributed by atoms with Crippen LogP contribution in [-0.2, 0) is 4.89 Å². The van der Waals surface area contributed by atoms with Crippen LogP contribution in [-0.4, -0.2) is 23.8 Å². The molecule has 2 N–H and O–H groups in total. The predicted molar refractivity (Wildman–Crippen MR) is 71.1 cm³/mol. The molecule has 0 amide bonds. The average Bonchev–Trinajstić information content (AvgIpc) is 2.46. The highest BCUT2D eigenvalue weighted by atomic mass is 17.2. The summed E-state index contributed by atoms with van der Waals surface area (Å²) in [4.78, 5) is 10.3. The Morgan fingerprint density at radius 1 is 0.947 bits per heavy atom. The van der Waals surface area contributed by atoms with E-state index in [-0.39, 0.29) is 5.92 Å².